The molecule has 0 bridgehead atoms. The fourth-order valence-corrected chi connectivity index (χ4v) is 3.17. The minimum Gasteiger partial charge on any atom is -0.493 e. The Balaban J connectivity index is 2.21. The van der Waals surface area contributed by atoms with E-state index in [1.807, 2.05) is 13.0 Å². The largest absolute Gasteiger partial charge is 0.493 e. The van der Waals surface area contributed by atoms with Crippen molar-refractivity contribution in [2.45, 2.75) is 51.8 Å². The van der Waals surface area contributed by atoms with Crippen molar-refractivity contribution in [3.05, 3.63) is 23.3 Å². The van der Waals surface area contributed by atoms with Crippen LogP contribution in [0, 0.1) is 6.92 Å². The van der Waals surface area contributed by atoms with Crippen LogP contribution < -0.4 is 9.47 Å². The molecule has 2 unspecified atom stereocenters. The summed E-state index contributed by atoms with van der Waals surface area (Å²) in [5.74, 6) is 1.54. The SMILES string of the molecule is COc1cc(C)c(CN2CCCCC2C(C)O)cc1OC. The second-order valence-corrected chi connectivity index (χ2v) is 5.91. The van der Waals surface area contributed by atoms with E-state index in [2.05, 4.69) is 17.9 Å². The first-order valence-corrected chi connectivity index (χ1v) is 7.70. The van der Waals surface area contributed by atoms with Crippen LogP contribution in [0.15, 0.2) is 12.1 Å². The summed E-state index contributed by atoms with van der Waals surface area (Å²) < 4.78 is 10.7. The van der Waals surface area contributed by atoms with Crippen LogP contribution in [0.4, 0.5) is 0 Å². The average molecular weight is 293 g/mol. The topological polar surface area (TPSA) is 41.9 Å². The summed E-state index contributed by atoms with van der Waals surface area (Å²) in [6, 6.07) is 4.34. The molecule has 1 aliphatic rings. The number of aryl methyl sites for hydroxylation is 1. The number of hydrogen-bond donors (Lipinski definition) is 1. The van der Waals surface area contributed by atoms with Crippen molar-refractivity contribution in [2.24, 2.45) is 0 Å². The van der Waals surface area contributed by atoms with Crippen molar-refractivity contribution in [1.82, 2.24) is 4.90 Å². The van der Waals surface area contributed by atoms with Gasteiger partial charge in [0.25, 0.3) is 0 Å². The van der Waals surface area contributed by atoms with Crippen molar-refractivity contribution in [3.8, 4) is 11.5 Å². The van der Waals surface area contributed by atoms with Crippen LogP contribution in [0.1, 0.15) is 37.3 Å². The maximum absolute atomic E-state index is 9.99. The standard InChI is InChI=1S/C17H27NO3/c1-12-9-16(20-3)17(21-4)10-14(12)11-18-8-6-5-7-15(18)13(2)19/h9-10,13,15,19H,5-8,11H2,1-4H3. The molecule has 1 aliphatic heterocycles. The Morgan fingerprint density at radius 1 is 1.24 bits per heavy atom. The van der Waals surface area contributed by atoms with Crippen LogP contribution in [0.25, 0.3) is 0 Å². The minimum atomic E-state index is -0.286. The summed E-state index contributed by atoms with van der Waals surface area (Å²) in [4.78, 5) is 2.39. The lowest BCUT2D eigenvalue weighted by Gasteiger charge is -2.37. The highest BCUT2D eigenvalue weighted by molar-refractivity contribution is 5.47. The van der Waals surface area contributed by atoms with Crippen molar-refractivity contribution in [2.75, 3.05) is 20.8 Å². The van der Waals surface area contributed by atoms with Gasteiger partial charge in [0, 0.05) is 12.6 Å². The molecule has 21 heavy (non-hydrogen) atoms. The van der Waals surface area contributed by atoms with E-state index in [1.165, 1.54) is 24.0 Å². The van der Waals surface area contributed by atoms with Crippen LogP contribution in [-0.2, 0) is 6.54 Å². The molecule has 118 valence electrons. The van der Waals surface area contributed by atoms with Gasteiger partial charge in [-0.05, 0) is 56.5 Å². The first kappa shape index (κ1) is 16.1. The number of ether oxygens (including phenoxy) is 2. The Kier molecular flexibility index (Phi) is 5.48. The molecule has 4 nitrogen and oxygen atoms in total. The Morgan fingerprint density at radius 2 is 1.90 bits per heavy atom. The van der Waals surface area contributed by atoms with Crippen molar-refractivity contribution < 1.29 is 14.6 Å². The molecule has 0 radical (unpaired) electrons. The molecule has 1 aromatic rings. The lowest BCUT2D eigenvalue weighted by Crippen LogP contribution is -2.45. The number of rotatable bonds is 5. The van der Waals surface area contributed by atoms with Gasteiger partial charge >= 0.3 is 0 Å². The molecular weight excluding hydrogens is 266 g/mol. The number of aliphatic hydroxyl groups is 1. The predicted octanol–water partition coefficient (Wildman–Crippen LogP) is 2.75. The zero-order valence-electron chi connectivity index (χ0n) is 13.6. The Hall–Kier alpha value is -1.26. The van der Waals surface area contributed by atoms with Crippen LogP contribution in [0.2, 0.25) is 0 Å². The number of aliphatic hydroxyl groups excluding tert-OH is 1. The minimum absolute atomic E-state index is 0.256. The number of methoxy groups -OCH3 is 2. The smallest absolute Gasteiger partial charge is 0.161 e. The van der Waals surface area contributed by atoms with Crippen LogP contribution >= 0.6 is 0 Å². The molecule has 4 heteroatoms. The third-order valence-electron chi connectivity index (χ3n) is 4.44. The van der Waals surface area contributed by atoms with E-state index in [1.54, 1.807) is 14.2 Å². The zero-order chi connectivity index (χ0) is 15.4. The molecule has 1 saturated heterocycles. The molecular formula is C17H27NO3. The van der Waals surface area contributed by atoms with E-state index in [4.69, 9.17) is 9.47 Å². The Morgan fingerprint density at radius 3 is 2.52 bits per heavy atom. The lowest BCUT2D eigenvalue weighted by molar-refractivity contribution is 0.0315. The van der Waals surface area contributed by atoms with Gasteiger partial charge in [0.1, 0.15) is 0 Å². The average Bonchev–Trinajstić information content (AvgIpc) is 2.49. The summed E-state index contributed by atoms with van der Waals surface area (Å²) in [5, 5.41) is 9.99. The van der Waals surface area contributed by atoms with Gasteiger partial charge in [-0.3, -0.25) is 4.90 Å². The van der Waals surface area contributed by atoms with Crippen molar-refractivity contribution in [1.29, 1.82) is 0 Å². The van der Waals surface area contributed by atoms with Gasteiger partial charge in [0.05, 0.1) is 20.3 Å². The Bertz CT molecular complexity index is 473. The van der Waals surface area contributed by atoms with Gasteiger partial charge in [-0.15, -0.1) is 0 Å². The normalized spacial score (nSPS) is 21.1. The van der Waals surface area contributed by atoms with Gasteiger partial charge in [-0.2, -0.15) is 0 Å². The van der Waals surface area contributed by atoms with Gasteiger partial charge in [0.2, 0.25) is 0 Å². The number of likely N-dealkylation sites (tertiary alicyclic amines) is 1. The second kappa shape index (κ2) is 7.14. The second-order valence-electron chi connectivity index (χ2n) is 5.91. The highest BCUT2D eigenvalue weighted by Crippen LogP contribution is 2.32. The van der Waals surface area contributed by atoms with Crippen LogP contribution in [-0.4, -0.2) is 42.9 Å². The maximum atomic E-state index is 9.99. The summed E-state index contributed by atoms with van der Waals surface area (Å²) in [6.45, 7) is 5.88. The molecule has 1 fully saturated rings. The van der Waals surface area contributed by atoms with Gasteiger partial charge < -0.3 is 14.6 Å². The molecule has 1 aromatic carbocycles. The fourth-order valence-electron chi connectivity index (χ4n) is 3.17. The molecule has 0 aliphatic carbocycles. The van der Waals surface area contributed by atoms with Crippen LogP contribution in [0.3, 0.4) is 0 Å². The number of benzene rings is 1. The summed E-state index contributed by atoms with van der Waals surface area (Å²) >= 11 is 0. The number of hydrogen-bond acceptors (Lipinski definition) is 4. The molecule has 2 atom stereocenters. The number of nitrogens with zero attached hydrogens (tertiary/aromatic N) is 1. The summed E-state index contributed by atoms with van der Waals surface area (Å²) in [5.41, 5.74) is 2.43. The van der Waals surface area contributed by atoms with E-state index in [0.717, 1.165) is 31.0 Å². The lowest BCUT2D eigenvalue weighted by atomic mass is 9.96. The molecule has 0 amide bonds. The van der Waals surface area contributed by atoms with Gasteiger partial charge in [0.15, 0.2) is 11.5 Å². The van der Waals surface area contributed by atoms with Crippen LogP contribution in [0.5, 0.6) is 11.5 Å². The third-order valence-corrected chi connectivity index (χ3v) is 4.44. The van der Waals surface area contributed by atoms with E-state index in [9.17, 15) is 5.11 Å². The molecule has 0 saturated carbocycles. The predicted molar refractivity (Wildman–Crippen MR) is 84.0 cm³/mol. The van der Waals surface area contributed by atoms with Crippen molar-refractivity contribution in [3.63, 3.8) is 0 Å². The monoisotopic (exact) mass is 293 g/mol. The molecule has 1 N–H and O–H groups in total. The first-order chi connectivity index (χ1) is 10.1. The quantitative estimate of drug-likeness (QED) is 0.906. The first-order valence-electron chi connectivity index (χ1n) is 7.70. The third kappa shape index (κ3) is 3.69. The zero-order valence-corrected chi connectivity index (χ0v) is 13.6. The van der Waals surface area contributed by atoms with Crippen molar-refractivity contribution >= 4 is 0 Å². The number of piperidine rings is 1. The summed E-state index contributed by atoms with van der Waals surface area (Å²) in [7, 11) is 3.32. The Labute approximate surface area is 127 Å². The van der Waals surface area contributed by atoms with E-state index in [0.29, 0.717) is 0 Å². The maximum Gasteiger partial charge on any atom is 0.161 e. The van der Waals surface area contributed by atoms with Gasteiger partial charge in [-0.1, -0.05) is 6.42 Å². The highest BCUT2D eigenvalue weighted by atomic mass is 16.5. The highest BCUT2D eigenvalue weighted by Gasteiger charge is 2.26. The molecule has 0 spiro atoms. The van der Waals surface area contributed by atoms with Gasteiger partial charge in [-0.25, -0.2) is 0 Å². The van der Waals surface area contributed by atoms with E-state index >= 15 is 0 Å². The van der Waals surface area contributed by atoms with E-state index < -0.39 is 0 Å². The summed E-state index contributed by atoms with van der Waals surface area (Å²) in [6.07, 6.45) is 3.20. The fraction of sp³-hybridized carbons (Fsp3) is 0.647. The molecule has 1 heterocycles. The molecule has 2 rings (SSSR count). The van der Waals surface area contributed by atoms with E-state index in [-0.39, 0.29) is 12.1 Å². The molecule has 0 aromatic heterocycles.